The van der Waals surface area contributed by atoms with E-state index in [1.54, 1.807) is 0 Å². The van der Waals surface area contributed by atoms with Gasteiger partial charge in [-0.3, -0.25) is 0 Å². The van der Waals surface area contributed by atoms with Gasteiger partial charge in [0, 0.05) is 6.07 Å². The second kappa shape index (κ2) is 3.26. The highest BCUT2D eigenvalue weighted by Crippen LogP contribution is 2.20. The zero-order valence-electron chi connectivity index (χ0n) is 6.33. The Kier molecular flexibility index (Phi) is 2.32. The van der Waals surface area contributed by atoms with Gasteiger partial charge in [0.05, 0.1) is 5.56 Å². The zero-order chi connectivity index (χ0) is 10.0. The molecule has 0 aliphatic heterocycles. The first kappa shape index (κ1) is 9.24. The van der Waals surface area contributed by atoms with Crippen LogP contribution in [0.2, 0.25) is 0 Å². The van der Waals surface area contributed by atoms with E-state index in [-0.39, 0.29) is 5.56 Å². The summed E-state index contributed by atoms with van der Waals surface area (Å²) in [5, 5.41) is 19.8. The molecule has 4 nitrogen and oxygen atoms in total. The Morgan fingerprint density at radius 1 is 1.31 bits per heavy atom. The number of nitrogens with zero attached hydrogens (tertiary/aromatic N) is 1. The SMILES string of the molecule is N/C(=N/O)c1cc(F)c(F)cc1O. The molecule has 6 heteroatoms. The molecule has 0 saturated carbocycles. The van der Waals surface area contributed by atoms with Crippen molar-refractivity contribution < 1.29 is 19.1 Å². The van der Waals surface area contributed by atoms with E-state index in [0.717, 1.165) is 0 Å². The van der Waals surface area contributed by atoms with Gasteiger partial charge in [0.15, 0.2) is 17.5 Å². The van der Waals surface area contributed by atoms with Crippen molar-refractivity contribution in [2.75, 3.05) is 0 Å². The summed E-state index contributed by atoms with van der Waals surface area (Å²) in [7, 11) is 0. The standard InChI is InChI=1S/C7H6F2N2O2/c8-4-1-3(7(10)11-13)6(12)2-5(4)9/h1-2,12-13H,(H2,10,11). The molecule has 0 fully saturated rings. The zero-order valence-corrected chi connectivity index (χ0v) is 6.33. The largest absolute Gasteiger partial charge is 0.507 e. The van der Waals surface area contributed by atoms with Gasteiger partial charge in [-0.15, -0.1) is 0 Å². The van der Waals surface area contributed by atoms with Crippen molar-refractivity contribution in [3.8, 4) is 5.75 Å². The Labute approximate surface area is 71.9 Å². The Balaban J connectivity index is 3.32. The third-order valence-electron chi connectivity index (χ3n) is 1.42. The molecule has 0 spiro atoms. The van der Waals surface area contributed by atoms with Crippen molar-refractivity contribution in [1.29, 1.82) is 0 Å². The maximum Gasteiger partial charge on any atom is 0.173 e. The molecule has 0 atom stereocenters. The van der Waals surface area contributed by atoms with Gasteiger partial charge in [0.25, 0.3) is 0 Å². The van der Waals surface area contributed by atoms with Crippen LogP contribution in [0.1, 0.15) is 5.56 Å². The first-order valence-electron chi connectivity index (χ1n) is 3.22. The summed E-state index contributed by atoms with van der Waals surface area (Å²) >= 11 is 0. The van der Waals surface area contributed by atoms with Crippen LogP contribution >= 0.6 is 0 Å². The molecule has 1 aromatic rings. The number of nitrogens with two attached hydrogens (primary N) is 1. The molecule has 0 amide bonds. The molecule has 0 aliphatic carbocycles. The predicted molar refractivity (Wildman–Crippen MR) is 40.5 cm³/mol. The number of halogens is 2. The molecule has 0 aliphatic rings. The summed E-state index contributed by atoms with van der Waals surface area (Å²) < 4.78 is 25.0. The van der Waals surface area contributed by atoms with Crippen LogP contribution in [0, 0.1) is 11.6 Å². The van der Waals surface area contributed by atoms with E-state index < -0.39 is 23.2 Å². The fourth-order valence-electron chi connectivity index (χ4n) is 0.795. The van der Waals surface area contributed by atoms with Crippen LogP contribution in [-0.4, -0.2) is 16.1 Å². The van der Waals surface area contributed by atoms with E-state index in [2.05, 4.69) is 5.16 Å². The molecule has 0 aromatic heterocycles. The first-order chi connectivity index (χ1) is 6.06. The first-order valence-corrected chi connectivity index (χ1v) is 3.22. The third-order valence-corrected chi connectivity index (χ3v) is 1.42. The highest BCUT2D eigenvalue weighted by molar-refractivity contribution is 5.99. The minimum atomic E-state index is -1.20. The lowest BCUT2D eigenvalue weighted by molar-refractivity contribution is 0.318. The highest BCUT2D eigenvalue weighted by atomic mass is 19.2. The van der Waals surface area contributed by atoms with Gasteiger partial charge in [-0.25, -0.2) is 8.78 Å². The number of phenols is 1. The average molecular weight is 188 g/mol. The minimum Gasteiger partial charge on any atom is -0.507 e. The fraction of sp³-hybridized carbons (Fsp3) is 0. The van der Waals surface area contributed by atoms with Gasteiger partial charge in [0.2, 0.25) is 0 Å². The minimum absolute atomic E-state index is 0.263. The molecule has 13 heavy (non-hydrogen) atoms. The molecule has 0 saturated heterocycles. The van der Waals surface area contributed by atoms with E-state index in [0.29, 0.717) is 12.1 Å². The summed E-state index contributed by atoms with van der Waals surface area (Å²) in [4.78, 5) is 0. The Bertz CT molecular complexity index is 366. The van der Waals surface area contributed by atoms with Gasteiger partial charge in [-0.1, -0.05) is 5.16 Å². The van der Waals surface area contributed by atoms with Gasteiger partial charge >= 0.3 is 0 Å². The van der Waals surface area contributed by atoms with Crippen LogP contribution < -0.4 is 5.73 Å². The van der Waals surface area contributed by atoms with Crippen molar-refractivity contribution >= 4 is 5.84 Å². The molecule has 0 heterocycles. The number of phenolic OH excluding ortho intramolecular Hbond substituents is 1. The van der Waals surface area contributed by atoms with E-state index in [9.17, 15) is 8.78 Å². The van der Waals surface area contributed by atoms with Crippen LogP contribution in [0.5, 0.6) is 5.75 Å². The lowest BCUT2D eigenvalue weighted by Crippen LogP contribution is -2.13. The monoisotopic (exact) mass is 188 g/mol. The van der Waals surface area contributed by atoms with Crippen LogP contribution in [0.15, 0.2) is 17.3 Å². The molecule has 0 radical (unpaired) electrons. The predicted octanol–water partition coefficient (Wildman–Crippen LogP) is 0.765. The maximum absolute atomic E-state index is 12.6. The van der Waals surface area contributed by atoms with E-state index in [1.165, 1.54) is 0 Å². The van der Waals surface area contributed by atoms with Gasteiger partial charge in [0.1, 0.15) is 5.75 Å². The van der Waals surface area contributed by atoms with Crippen molar-refractivity contribution in [2.24, 2.45) is 10.9 Å². The second-order valence-electron chi connectivity index (χ2n) is 2.27. The van der Waals surface area contributed by atoms with Gasteiger partial charge < -0.3 is 16.0 Å². The van der Waals surface area contributed by atoms with Crippen molar-refractivity contribution in [1.82, 2.24) is 0 Å². The Morgan fingerprint density at radius 2 is 1.85 bits per heavy atom. The number of benzene rings is 1. The third kappa shape index (κ3) is 1.66. The fourth-order valence-corrected chi connectivity index (χ4v) is 0.795. The summed E-state index contributed by atoms with van der Waals surface area (Å²) in [5.41, 5.74) is 4.80. The molecule has 4 N–H and O–H groups in total. The number of rotatable bonds is 1. The van der Waals surface area contributed by atoms with Crippen LogP contribution in [0.25, 0.3) is 0 Å². The van der Waals surface area contributed by atoms with Crippen molar-refractivity contribution in [3.05, 3.63) is 29.3 Å². The molecule has 0 unspecified atom stereocenters. The topological polar surface area (TPSA) is 78.8 Å². The Hall–Kier alpha value is -1.85. The molecule has 1 aromatic carbocycles. The van der Waals surface area contributed by atoms with Crippen LogP contribution in [0.4, 0.5) is 8.78 Å². The number of hydrogen-bond donors (Lipinski definition) is 3. The molecule has 0 bridgehead atoms. The Morgan fingerprint density at radius 3 is 2.38 bits per heavy atom. The summed E-state index contributed by atoms with van der Waals surface area (Å²) in [6, 6.07) is 1.18. The molecular formula is C7H6F2N2O2. The lowest BCUT2D eigenvalue weighted by Gasteiger charge is -2.02. The number of aromatic hydroxyl groups is 1. The second-order valence-corrected chi connectivity index (χ2v) is 2.27. The van der Waals surface area contributed by atoms with E-state index in [1.807, 2.05) is 0 Å². The normalized spacial score (nSPS) is 11.7. The van der Waals surface area contributed by atoms with Crippen LogP contribution in [0.3, 0.4) is 0 Å². The van der Waals surface area contributed by atoms with E-state index in [4.69, 9.17) is 16.0 Å². The number of hydrogen-bond acceptors (Lipinski definition) is 3. The average Bonchev–Trinajstić information content (AvgIpc) is 2.10. The summed E-state index contributed by atoms with van der Waals surface area (Å²) in [6.45, 7) is 0. The lowest BCUT2D eigenvalue weighted by atomic mass is 10.2. The van der Waals surface area contributed by atoms with Crippen molar-refractivity contribution in [3.63, 3.8) is 0 Å². The van der Waals surface area contributed by atoms with Gasteiger partial charge in [-0.2, -0.15) is 0 Å². The maximum atomic E-state index is 12.6. The van der Waals surface area contributed by atoms with Crippen LogP contribution in [-0.2, 0) is 0 Å². The number of oxime groups is 1. The van der Waals surface area contributed by atoms with Crippen molar-refractivity contribution in [2.45, 2.75) is 0 Å². The number of amidine groups is 1. The van der Waals surface area contributed by atoms with E-state index >= 15 is 0 Å². The highest BCUT2D eigenvalue weighted by Gasteiger charge is 2.11. The smallest absolute Gasteiger partial charge is 0.173 e. The molecular weight excluding hydrogens is 182 g/mol. The molecule has 70 valence electrons. The van der Waals surface area contributed by atoms with Gasteiger partial charge in [-0.05, 0) is 6.07 Å². The summed E-state index contributed by atoms with van der Waals surface area (Å²) in [6.07, 6.45) is 0. The summed E-state index contributed by atoms with van der Waals surface area (Å²) in [5.74, 6) is -3.46. The quantitative estimate of drug-likeness (QED) is 0.263. The molecule has 1 rings (SSSR count).